The van der Waals surface area contributed by atoms with Crippen molar-refractivity contribution < 1.29 is 0 Å². The fourth-order valence-electron chi connectivity index (χ4n) is 0.557. The van der Waals surface area contributed by atoms with Gasteiger partial charge < -0.3 is 0 Å². The van der Waals surface area contributed by atoms with Crippen molar-refractivity contribution in [2.24, 2.45) is 0 Å². The van der Waals surface area contributed by atoms with Gasteiger partial charge >= 0.3 is 0 Å². The molecule has 0 aliphatic heterocycles. The van der Waals surface area contributed by atoms with E-state index in [1.54, 1.807) is 0 Å². The largest absolute Gasteiger partial charge is 0.0877 e. The maximum atomic E-state index is 3.80. The summed E-state index contributed by atoms with van der Waals surface area (Å²) in [5.41, 5.74) is 2.87. The van der Waals surface area contributed by atoms with E-state index in [2.05, 4.69) is 25.0 Å². The molecule has 0 aliphatic rings. The van der Waals surface area contributed by atoms with Crippen LogP contribution in [0.5, 0.6) is 0 Å². The topological polar surface area (TPSA) is 0 Å². The van der Waals surface area contributed by atoms with Crippen molar-refractivity contribution in [1.29, 1.82) is 0 Å². The summed E-state index contributed by atoms with van der Waals surface area (Å²) >= 11 is 0. The summed E-state index contributed by atoms with van der Waals surface area (Å²) in [6.07, 6.45) is 5.94. The molecule has 0 rings (SSSR count). The Hall–Kier alpha value is -1.48. The highest BCUT2D eigenvalue weighted by Crippen LogP contribution is 1.98. The zero-order valence-electron chi connectivity index (χ0n) is 8.65. The van der Waals surface area contributed by atoms with Crippen molar-refractivity contribution in [2.75, 3.05) is 0 Å². The molecule has 0 aromatic heterocycles. The summed E-state index contributed by atoms with van der Waals surface area (Å²) in [5, 5.41) is 0. The Balaban J connectivity index is 4.28. The lowest BCUT2D eigenvalue weighted by molar-refractivity contribution is 1.47. The summed E-state index contributed by atoms with van der Waals surface area (Å²) in [7, 11) is 0. The van der Waals surface area contributed by atoms with E-state index < -0.39 is 0 Å². The Bertz CT molecular complexity index is 314. The highest BCUT2D eigenvalue weighted by molar-refractivity contribution is 5.41. The molecule has 0 aliphatic carbocycles. The van der Waals surface area contributed by atoms with E-state index in [0.29, 0.717) is 0 Å². The summed E-state index contributed by atoms with van der Waals surface area (Å²) in [6.45, 7) is 13.4. The molecule has 0 saturated carbocycles. The smallest absolute Gasteiger partial charge is 0.0177 e. The molecule has 0 saturated heterocycles. The van der Waals surface area contributed by atoms with Gasteiger partial charge in [0, 0.05) is 5.57 Å². The van der Waals surface area contributed by atoms with Crippen LogP contribution in [0.1, 0.15) is 20.8 Å². The second-order valence-electron chi connectivity index (χ2n) is 2.92. The molecule has 13 heavy (non-hydrogen) atoms. The van der Waals surface area contributed by atoms with Crippen molar-refractivity contribution in [3.63, 3.8) is 0 Å². The van der Waals surface area contributed by atoms with Gasteiger partial charge in [0.25, 0.3) is 0 Å². The van der Waals surface area contributed by atoms with Crippen LogP contribution in [0.3, 0.4) is 0 Å². The molecule has 0 unspecified atom stereocenters. The maximum Gasteiger partial charge on any atom is 0.0177 e. The lowest BCUT2D eigenvalue weighted by atomic mass is 10.2. The predicted molar refractivity (Wildman–Crippen MR) is 60.3 cm³/mol. The summed E-state index contributed by atoms with van der Waals surface area (Å²) < 4.78 is 0. The van der Waals surface area contributed by atoms with Gasteiger partial charge in [-0.25, -0.2) is 0 Å². The molecule has 0 spiro atoms. The predicted octanol–water partition coefficient (Wildman–Crippen LogP) is 3.64. The highest BCUT2D eigenvalue weighted by atomic mass is 13.9. The van der Waals surface area contributed by atoms with Gasteiger partial charge in [0.1, 0.15) is 0 Å². The minimum atomic E-state index is 0.809. The fraction of sp³-hybridized carbons (Fsp3) is 0.231. The monoisotopic (exact) mass is 172 g/mol. The Morgan fingerprint density at radius 1 is 1.08 bits per heavy atom. The van der Waals surface area contributed by atoms with Crippen LogP contribution in [0, 0.1) is 11.8 Å². The summed E-state index contributed by atoms with van der Waals surface area (Å²) in [6, 6.07) is 0. The lowest BCUT2D eigenvalue weighted by Crippen LogP contribution is -1.71. The van der Waals surface area contributed by atoms with Crippen LogP contribution in [0.15, 0.2) is 48.1 Å². The molecule has 0 heteroatoms. The van der Waals surface area contributed by atoms with E-state index in [-0.39, 0.29) is 0 Å². The van der Waals surface area contributed by atoms with Gasteiger partial charge in [0.2, 0.25) is 0 Å². The minimum absolute atomic E-state index is 0.809. The van der Waals surface area contributed by atoms with Crippen molar-refractivity contribution >= 4 is 0 Å². The molecule has 0 aromatic rings. The summed E-state index contributed by atoms with van der Waals surface area (Å²) in [5.74, 6) is 5.78. The standard InChI is InChI=1S/C13H16/c1-6-12(4)9-10-13(5)8-7-11(2)3/h6,9-10H,2,5H2,1,3-4H3/b10-9-,12-6-. The van der Waals surface area contributed by atoms with Crippen LogP contribution in [-0.4, -0.2) is 0 Å². The molecule has 0 amide bonds. The second kappa shape index (κ2) is 6.08. The Morgan fingerprint density at radius 3 is 2.15 bits per heavy atom. The zero-order valence-corrected chi connectivity index (χ0v) is 8.65. The minimum Gasteiger partial charge on any atom is -0.0877 e. The van der Waals surface area contributed by atoms with Gasteiger partial charge in [-0.3, -0.25) is 0 Å². The molecule has 0 radical (unpaired) electrons. The van der Waals surface area contributed by atoms with Gasteiger partial charge in [-0.15, -0.1) is 0 Å². The quantitative estimate of drug-likeness (QED) is 0.440. The second-order valence-corrected chi connectivity index (χ2v) is 2.92. The van der Waals surface area contributed by atoms with E-state index >= 15 is 0 Å². The Labute approximate surface area is 81.4 Å². The fourth-order valence-corrected chi connectivity index (χ4v) is 0.557. The summed E-state index contributed by atoms with van der Waals surface area (Å²) in [4.78, 5) is 0. The molecule has 0 fully saturated rings. The zero-order chi connectivity index (χ0) is 10.3. The van der Waals surface area contributed by atoms with E-state index in [0.717, 1.165) is 11.1 Å². The van der Waals surface area contributed by atoms with Crippen LogP contribution in [0.2, 0.25) is 0 Å². The first-order valence-corrected chi connectivity index (χ1v) is 4.23. The van der Waals surface area contributed by atoms with E-state index in [9.17, 15) is 0 Å². The van der Waals surface area contributed by atoms with Crippen molar-refractivity contribution in [3.05, 3.63) is 48.1 Å². The van der Waals surface area contributed by atoms with E-state index in [1.807, 2.05) is 39.0 Å². The lowest BCUT2D eigenvalue weighted by Gasteiger charge is -1.88. The SMILES string of the molecule is C=C(C)C#CC(=C)/C=C\C(C)=C/C. The van der Waals surface area contributed by atoms with E-state index in [1.165, 1.54) is 5.57 Å². The third-order valence-corrected chi connectivity index (χ3v) is 1.44. The first kappa shape index (κ1) is 11.5. The van der Waals surface area contributed by atoms with E-state index in [4.69, 9.17) is 0 Å². The van der Waals surface area contributed by atoms with Crippen molar-refractivity contribution in [3.8, 4) is 11.8 Å². The van der Waals surface area contributed by atoms with Gasteiger partial charge in [-0.2, -0.15) is 0 Å². The average Bonchev–Trinajstić information content (AvgIpc) is 2.10. The number of hydrogen-bond donors (Lipinski definition) is 0. The van der Waals surface area contributed by atoms with Crippen molar-refractivity contribution in [1.82, 2.24) is 0 Å². The van der Waals surface area contributed by atoms with Crippen LogP contribution >= 0.6 is 0 Å². The van der Waals surface area contributed by atoms with Crippen molar-refractivity contribution in [2.45, 2.75) is 20.8 Å². The van der Waals surface area contributed by atoms with Crippen LogP contribution in [0.25, 0.3) is 0 Å². The third kappa shape index (κ3) is 6.90. The first-order chi connectivity index (χ1) is 6.06. The number of hydrogen-bond acceptors (Lipinski definition) is 0. The molecule has 0 heterocycles. The van der Waals surface area contributed by atoms with Gasteiger partial charge in [0.15, 0.2) is 0 Å². The molecule has 0 atom stereocenters. The molecule has 0 nitrogen and oxygen atoms in total. The number of allylic oxidation sites excluding steroid dienone is 6. The number of rotatable bonds is 2. The van der Waals surface area contributed by atoms with Gasteiger partial charge in [-0.1, -0.05) is 42.7 Å². The van der Waals surface area contributed by atoms with Gasteiger partial charge in [-0.05, 0) is 32.4 Å². The highest BCUT2D eigenvalue weighted by Gasteiger charge is 1.80. The molecular formula is C13H16. The maximum absolute atomic E-state index is 3.80. The molecule has 0 aromatic carbocycles. The Morgan fingerprint density at radius 2 is 1.69 bits per heavy atom. The molecule has 0 bridgehead atoms. The molecule has 0 N–H and O–H groups in total. The Kier molecular flexibility index (Phi) is 5.39. The van der Waals surface area contributed by atoms with Crippen LogP contribution in [0.4, 0.5) is 0 Å². The normalized spacial score (nSPS) is 10.8. The van der Waals surface area contributed by atoms with Gasteiger partial charge in [0.05, 0.1) is 0 Å². The third-order valence-electron chi connectivity index (χ3n) is 1.44. The molecule has 68 valence electrons. The molecular weight excluding hydrogens is 156 g/mol. The van der Waals surface area contributed by atoms with Crippen LogP contribution in [-0.2, 0) is 0 Å². The first-order valence-electron chi connectivity index (χ1n) is 4.23. The average molecular weight is 172 g/mol. The van der Waals surface area contributed by atoms with Crippen LogP contribution < -0.4 is 0 Å².